The Hall–Kier alpha value is -1.07. The molecule has 3 N–H and O–H groups in total. The normalized spacial score (nSPS) is 11.2. The molecule has 1 rings (SSSR count). The van der Waals surface area contributed by atoms with E-state index in [1.165, 1.54) is 11.3 Å². The molecule has 0 unspecified atom stereocenters. The summed E-state index contributed by atoms with van der Waals surface area (Å²) in [7, 11) is 0. The second kappa shape index (κ2) is 4.63. The van der Waals surface area contributed by atoms with Gasteiger partial charge in [-0.1, -0.05) is 0 Å². The van der Waals surface area contributed by atoms with Crippen LogP contribution in [0.1, 0.15) is 18.7 Å². The van der Waals surface area contributed by atoms with Crippen LogP contribution in [0.2, 0.25) is 0 Å². The largest absolute Gasteiger partial charge is 0.394 e. The van der Waals surface area contributed by atoms with Crippen molar-refractivity contribution in [3.8, 4) is 0 Å². The number of hydrogen-bond acceptors (Lipinski definition) is 3. The first-order valence-electron chi connectivity index (χ1n) is 4.69. The number of amides is 2. The van der Waals surface area contributed by atoms with Gasteiger partial charge in [0.15, 0.2) is 0 Å². The molecule has 4 nitrogen and oxygen atoms in total. The molecule has 0 aliphatic rings. The zero-order chi connectivity index (χ0) is 11.5. The number of thiophene rings is 1. The Morgan fingerprint density at radius 2 is 2.20 bits per heavy atom. The van der Waals surface area contributed by atoms with E-state index in [2.05, 4.69) is 10.6 Å². The molecule has 2 amide bonds. The predicted molar refractivity (Wildman–Crippen MR) is 62.4 cm³/mol. The number of anilines is 1. The smallest absolute Gasteiger partial charge is 0.320 e. The SMILES string of the molecule is Cc1ccc(NC(=O)NC(C)(C)CO)s1. The van der Waals surface area contributed by atoms with Gasteiger partial charge in [-0.2, -0.15) is 0 Å². The van der Waals surface area contributed by atoms with Crippen molar-refractivity contribution in [2.45, 2.75) is 26.3 Å². The number of urea groups is 1. The van der Waals surface area contributed by atoms with Gasteiger partial charge >= 0.3 is 6.03 Å². The highest BCUT2D eigenvalue weighted by Crippen LogP contribution is 2.20. The fraction of sp³-hybridized carbons (Fsp3) is 0.500. The van der Waals surface area contributed by atoms with Crippen LogP contribution < -0.4 is 10.6 Å². The van der Waals surface area contributed by atoms with Crippen LogP contribution in [0.15, 0.2) is 12.1 Å². The van der Waals surface area contributed by atoms with E-state index in [0.717, 1.165) is 9.88 Å². The van der Waals surface area contributed by atoms with E-state index in [9.17, 15) is 4.79 Å². The lowest BCUT2D eigenvalue weighted by atomic mass is 10.1. The van der Waals surface area contributed by atoms with Crippen molar-refractivity contribution < 1.29 is 9.90 Å². The van der Waals surface area contributed by atoms with Crippen LogP contribution in [-0.2, 0) is 0 Å². The topological polar surface area (TPSA) is 61.4 Å². The van der Waals surface area contributed by atoms with Crippen molar-refractivity contribution in [3.63, 3.8) is 0 Å². The summed E-state index contributed by atoms with van der Waals surface area (Å²) in [4.78, 5) is 12.6. The fourth-order valence-electron chi connectivity index (χ4n) is 0.992. The molecular formula is C10H16N2O2S. The molecule has 0 atom stereocenters. The molecule has 0 bridgehead atoms. The quantitative estimate of drug-likeness (QED) is 0.740. The first-order valence-corrected chi connectivity index (χ1v) is 5.51. The van der Waals surface area contributed by atoms with Crippen molar-refractivity contribution in [1.29, 1.82) is 0 Å². The van der Waals surface area contributed by atoms with Gasteiger partial charge in [-0.15, -0.1) is 11.3 Å². The molecule has 1 heterocycles. The van der Waals surface area contributed by atoms with E-state index in [4.69, 9.17) is 5.11 Å². The average Bonchev–Trinajstić information content (AvgIpc) is 2.50. The van der Waals surface area contributed by atoms with Crippen molar-refractivity contribution in [2.24, 2.45) is 0 Å². The van der Waals surface area contributed by atoms with Crippen LogP contribution in [0.5, 0.6) is 0 Å². The van der Waals surface area contributed by atoms with Crippen LogP contribution >= 0.6 is 11.3 Å². The summed E-state index contributed by atoms with van der Waals surface area (Å²) < 4.78 is 0. The summed E-state index contributed by atoms with van der Waals surface area (Å²) in [5, 5.41) is 15.2. The Morgan fingerprint density at radius 1 is 1.53 bits per heavy atom. The van der Waals surface area contributed by atoms with Crippen molar-refractivity contribution in [1.82, 2.24) is 5.32 Å². The number of aliphatic hydroxyl groups excluding tert-OH is 1. The minimum atomic E-state index is -0.601. The second-order valence-corrected chi connectivity index (χ2v) is 5.32. The number of rotatable bonds is 3. The predicted octanol–water partition coefficient (Wildman–Crippen LogP) is 1.95. The Labute approximate surface area is 93.3 Å². The Morgan fingerprint density at radius 3 is 2.67 bits per heavy atom. The maximum atomic E-state index is 11.5. The second-order valence-electron chi connectivity index (χ2n) is 4.03. The van der Waals surface area contributed by atoms with E-state index < -0.39 is 5.54 Å². The van der Waals surface area contributed by atoms with Crippen LogP contribution in [0, 0.1) is 6.92 Å². The molecular weight excluding hydrogens is 212 g/mol. The first-order chi connectivity index (χ1) is 6.93. The molecule has 0 fully saturated rings. The van der Waals surface area contributed by atoms with Gasteiger partial charge in [-0.05, 0) is 32.9 Å². The number of carbonyl (C=O) groups excluding carboxylic acids is 1. The Balaban J connectivity index is 2.50. The highest BCUT2D eigenvalue weighted by molar-refractivity contribution is 7.16. The molecule has 1 aromatic heterocycles. The zero-order valence-corrected chi connectivity index (χ0v) is 9.94. The summed E-state index contributed by atoms with van der Waals surface area (Å²) in [6, 6.07) is 3.50. The molecule has 0 aromatic carbocycles. The monoisotopic (exact) mass is 228 g/mol. The van der Waals surface area contributed by atoms with Gasteiger partial charge in [-0.25, -0.2) is 4.79 Å². The maximum Gasteiger partial charge on any atom is 0.320 e. The third-order valence-corrected chi connectivity index (χ3v) is 2.74. The molecule has 0 aliphatic carbocycles. The maximum absolute atomic E-state index is 11.5. The standard InChI is InChI=1S/C10H16N2O2S/c1-7-4-5-8(15-7)11-9(14)12-10(2,3)6-13/h4-5,13H,6H2,1-3H3,(H2,11,12,14). The molecule has 1 aromatic rings. The molecule has 84 valence electrons. The summed E-state index contributed by atoms with van der Waals surface area (Å²) in [5.74, 6) is 0. The summed E-state index contributed by atoms with van der Waals surface area (Å²) in [5.41, 5.74) is -0.601. The molecule has 0 saturated carbocycles. The van der Waals surface area contributed by atoms with E-state index >= 15 is 0 Å². The molecule has 0 spiro atoms. The van der Waals surface area contributed by atoms with Crippen LogP contribution in [0.3, 0.4) is 0 Å². The lowest BCUT2D eigenvalue weighted by molar-refractivity contribution is 0.187. The average molecular weight is 228 g/mol. The minimum Gasteiger partial charge on any atom is -0.394 e. The van der Waals surface area contributed by atoms with E-state index in [1.807, 2.05) is 19.1 Å². The van der Waals surface area contributed by atoms with Gasteiger partial charge in [0.2, 0.25) is 0 Å². The van der Waals surface area contributed by atoms with Crippen molar-refractivity contribution >= 4 is 22.4 Å². The fourth-order valence-corrected chi connectivity index (χ4v) is 1.75. The lowest BCUT2D eigenvalue weighted by Crippen LogP contribution is -2.48. The van der Waals surface area contributed by atoms with Gasteiger partial charge in [0.1, 0.15) is 0 Å². The molecule has 0 saturated heterocycles. The summed E-state index contributed by atoms with van der Waals surface area (Å²) >= 11 is 1.52. The number of aliphatic hydroxyl groups is 1. The van der Waals surface area contributed by atoms with Gasteiger partial charge in [-0.3, -0.25) is 5.32 Å². The zero-order valence-electron chi connectivity index (χ0n) is 9.13. The molecule has 5 heteroatoms. The van der Waals surface area contributed by atoms with Crippen molar-refractivity contribution in [3.05, 3.63) is 17.0 Å². The highest BCUT2D eigenvalue weighted by Gasteiger charge is 2.19. The van der Waals surface area contributed by atoms with E-state index in [1.54, 1.807) is 13.8 Å². The van der Waals surface area contributed by atoms with Gasteiger partial charge in [0.05, 0.1) is 17.1 Å². The lowest BCUT2D eigenvalue weighted by Gasteiger charge is -2.23. The summed E-state index contributed by atoms with van der Waals surface area (Å²) in [6.07, 6.45) is 0. The van der Waals surface area contributed by atoms with E-state index in [0.29, 0.717) is 0 Å². The third kappa shape index (κ3) is 3.89. The van der Waals surface area contributed by atoms with E-state index in [-0.39, 0.29) is 12.6 Å². The van der Waals surface area contributed by atoms with Crippen LogP contribution in [0.25, 0.3) is 0 Å². The number of aryl methyl sites for hydroxylation is 1. The van der Waals surface area contributed by atoms with Crippen molar-refractivity contribution in [2.75, 3.05) is 11.9 Å². The van der Waals surface area contributed by atoms with Gasteiger partial charge in [0.25, 0.3) is 0 Å². The van der Waals surface area contributed by atoms with Gasteiger partial charge < -0.3 is 10.4 Å². The number of nitrogens with one attached hydrogen (secondary N) is 2. The molecule has 15 heavy (non-hydrogen) atoms. The van der Waals surface area contributed by atoms with Crippen LogP contribution in [-0.4, -0.2) is 23.3 Å². The first kappa shape index (κ1) is 12.0. The number of carbonyl (C=O) groups is 1. The number of hydrogen-bond donors (Lipinski definition) is 3. The third-order valence-electron chi connectivity index (χ3n) is 1.82. The Bertz CT molecular complexity index is 347. The molecule has 0 aliphatic heterocycles. The molecule has 0 radical (unpaired) electrons. The van der Waals surface area contributed by atoms with Gasteiger partial charge in [0, 0.05) is 4.88 Å². The van der Waals surface area contributed by atoms with Crippen LogP contribution in [0.4, 0.5) is 9.80 Å². The summed E-state index contributed by atoms with van der Waals surface area (Å²) in [6.45, 7) is 5.40. The Kier molecular flexibility index (Phi) is 3.71. The highest BCUT2D eigenvalue weighted by atomic mass is 32.1. The minimum absolute atomic E-state index is 0.0934.